The van der Waals surface area contributed by atoms with Crippen LogP contribution >= 0.6 is 27.3 Å². The molecule has 43 heavy (non-hydrogen) atoms. The highest BCUT2D eigenvalue weighted by Gasteiger charge is 2.33. The summed E-state index contributed by atoms with van der Waals surface area (Å²) < 4.78 is 20.1. The van der Waals surface area contributed by atoms with Crippen molar-refractivity contribution in [2.45, 2.75) is 47.3 Å². The molecule has 0 aliphatic carbocycles. The molecule has 0 spiro atoms. The van der Waals surface area contributed by atoms with Crippen LogP contribution in [0.1, 0.15) is 53.3 Å². The van der Waals surface area contributed by atoms with Crippen LogP contribution in [0.25, 0.3) is 6.08 Å². The SMILES string of the molecule is CCOC(=O)C1=C(C)N=c2s/c(=C\c3ccc(OCc4c(C)cc(C)cc4C)c(OC)c3)c(=O)n2[C@@H]1c1cccc(Br)c1. The van der Waals surface area contributed by atoms with Crippen molar-refractivity contribution in [2.24, 2.45) is 4.99 Å². The topological polar surface area (TPSA) is 79.1 Å². The molecule has 9 heteroatoms. The Hall–Kier alpha value is -3.95. The van der Waals surface area contributed by atoms with Crippen molar-refractivity contribution < 1.29 is 19.0 Å². The van der Waals surface area contributed by atoms with E-state index in [-0.39, 0.29) is 12.2 Å². The van der Waals surface area contributed by atoms with E-state index in [1.54, 1.807) is 25.5 Å². The number of carbonyl (C=O) groups is 1. The fourth-order valence-electron chi connectivity index (χ4n) is 5.42. The van der Waals surface area contributed by atoms with Gasteiger partial charge >= 0.3 is 5.97 Å². The van der Waals surface area contributed by atoms with Gasteiger partial charge in [-0.05, 0) is 92.8 Å². The van der Waals surface area contributed by atoms with Crippen LogP contribution in [0, 0.1) is 20.8 Å². The van der Waals surface area contributed by atoms with Gasteiger partial charge in [0, 0.05) is 4.47 Å². The molecule has 0 fully saturated rings. The van der Waals surface area contributed by atoms with Gasteiger partial charge in [0.25, 0.3) is 5.56 Å². The lowest BCUT2D eigenvalue weighted by Crippen LogP contribution is -2.39. The predicted octanol–water partition coefficient (Wildman–Crippen LogP) is 6.07. The number of carbonyl (C=O) groups excluding carboxylic acids is 1. The third-order valence-electron chi connectivity index (χ3n) is 7.38. The summed E-state index contributed by atoms with van der Waals surface area (Å²) in [5, 5.41) is 0. The number of aromatic nitrogens is 1. The maximum atomic E-state index is 13.9. The molecule has 0 unspecified atom stereocenters. The van der Waals surface area contributed by atoms with Gasteiger partial charge in [-0.25, -0.2) is 9.79 Å². The summed E-state index contributed by atoms with van der Waals surface area (Å²) in [6.45, 7) is 10.4. The highest BCUT2D eigenvalue weighted by molar-refractivity contribution is 9.10. The first-order valence-electron chi connectivity index (χ1n) is 13.9. The average molecular weight is 662 g/mol. The fraction of sp³-hybridized carbons (Fsp3) is 0.265. The largest absolute Gasteiger partial charge is 0.493 e. The molecule has 0 N–H and O–H groups in total. The number of esters is 1. The molecule has 0 saturated heterocycles. The Kier molecular flexibility index (Phi) is 9.03. The van der Waals surface area contributed by atoms with E-state index in [9.17, 15) is 9.59 Å². The number of thiazole rings is 1. The second-order valence-corrected chi connectivity index (χ2v) is 12.4. The van der Waals surface area contributed by atoms with Gasteiger partial charge in [-0.15, -0.1) is 0 Å². The van der Waals surface area contributed by atoms with E-state index in [4.69, 9.17) is 14.2 Å². The zero-order valence-corrected chi connectivity index (χ0v) is 27.4. The lowest BCUT2D eigenvalue weighted by molar-refractivity contribution is -0.139. The molecular weight excluding hydrogens is 628 g/mol. The number of methoxy groups -OCH3 is 1. The van der Waals surface area contributed by atoms with Gasteiger partial charge in [-0.2, -0.15) is 0 Å². The average Bonchev–Trinajstić information content (AvgIpc) is 3.26. The number of benzene rings is 3. The van der Waals surface area contributed by atoms with Crippen molar-refractivity contribution in [1.82, 2.24) is 4.57 Å². The van der Waals surface area contributed by atoms with E-state index in [0.29, 0.717) is 38.7 Å². The monoisotopic (exact) mass is 660 g/mol. The van der Waals surface area contributed by atoms with Gasteiger partial charge in [0.1, 0.15) is 6.61 Å². The number of nitrogens with zero attached hydrogens (tertiary/aromatic N) is 2. The van der Waals surface area contributed by atoms with Crippen LogP contribution in [0.15, 0.2) is 80.1 Å². The number of allylic oxidation sites excluding steroid dienone is 1. The van der Waals surface area contributed by atoms with Gasteiger partial charge in [-0.1, -0.05) is 63.2 Å². The molecule has 5 rings (SSSR count). The first-order valence-corrected chi connectivity index (χ1v) is 15.5. The molecule has 0 saturated carbocycles. The summed E-state index contributed by atoms with van der Waals surface area (Å²) in [4.78, 5) is 32.2. The minimum absolute atomic E-state index is 0.219. The molecule has 4 aromatic rings. The highest BCUT2D eigenvalue weighted by atomic mass is 79.9. The van der Waals surface area contributed by atoms with E-state index in [2.05, 4.69) is 53.8 Å². The number of halogens is 1. The zero-order chi connectivity index (χ0) is 30.8. The molecule has 0 radical (unpaired) electrons. The summed E-state index contributed by atoms with van der Waals surface area (Å²) in [5.41, 5.74) is 6.93. The maximum absolute atomic E-state index is 13.9. The summed E-state index contributed by atoms with van der Waals surface area (Å²) in [5.74, 6) is 0.695. The van der Waals surface area contributed by atoms with Crippen LogP contribution < -0.4 is 24.4 Å². The standard InChI is InChI=1S/C34H33BrN2O5S/c1-7-41-33(39)30-22(5)36-34-37(31(30)24-9-8-10-25(35)17-24)32(38)29(43-34)16-23-11-12-27(28(15-23)40-6)42-18-26-20(3)13-19(2)14-21(26)4/h8-17,31H,7,18H2,1-6H3/b29-16-/t31-/m1/s1. The minimum Gasteiger partial charge on any atom is -0.493 e. The fourth-order valence-corrected chi connectivity index (χ4v) is 6.88. The Morgan fingerprint density at radius 3 is 2.47 bits per heavy atom. The number of hydrogen-bond donors (Lipinski definition) is 0. The number of ether oxygens (including phenoxy) is 3. The molecule has 0 amide bonds. The third kappa shape index (κ3) is 6.24. The molecule has 0 bridgehead atoms. The Balaban J connectivity index is 1.54. The molecule has 3 aromatic carbocycles. The van der Waals surface area contributed by atoms with Gasteiger partial charge in [-0.3, -0.25) is 9.36 Å². The van der Waals surface area contributed by atoms with Crippen LogP contribution in [0.3, 0.4) is 0 Å². The van der Waals surface area contributed by atoms with Gasteiger partial charge < -0.3 is 14.2 Å². The van der Waals surface area contributed by atoms with Crippen molar-refractivity contribution in [2.75, 3.05) is 13.7 Å². The first-order chi connectivity index (χ1) is 20.6. The van der Waals surface area contributed by atoms with Crippen molar-refractivity contribution in [1.29, 1.82) is 0 Å². The van der Waals surface area contributed by atoms with Crippen LogP contribution in [-0.2, 0) is 16.1 Å². The Morgan fingerprint density at radius 1 is 1.05 bits per heavy atom. The third-order valence-corrected chi connectivity index (χ3v) is 8.86. The van der Waals surface area contributed by atoms with Crippen molar-refractivity contribution in [3.63, 3.8) is 0 Å². The second kappa shape index (κ2) is 12.7. The number of aryl methyl sites for hydroxylation is 3. The Morgan fingerprint density at radius 2 is 1.79 bits per heavy atom. The lowest BCUT2D eigenvalue weighted by atomic mass is 9.96. The molecule has 1 aliphatic heterocycles. The highest BCUT2D eigenvalue weighted by Crippen LogP contribution is 2.33. The number of fused-ring (bicyclic) bond motifs is 1. The van der Waals surface area contributed by atoms with E-state index >= 15 is 0 Å². The van der Waals surface area contributed by atoms with Crippen LogP contribution in [0.4, 0.5) is 0 Å². The number of hydrogen-bond acceptors (Lipinski definition) is 7. The smallest absolute Gasteiger partial charge is 0.338 e. The number of rotatable bonds is 8. The second-order valence-electron chi connectivity index (χ2n) is 10.4. The van der Waals surface area contributed by atoms with Gasteiger partial charge in [0.05, 0.1) is 35.6 Å². The van der Waals surface area contributed by atoms with Crippen molar-refractivity contribution in [3.8, 4) is 11.5 Å². The molecule has 1 aliphatic rings. The van der Waals surface area contributed by atoms with E-state index in [0.717, 1.165) is 21.2 Å². The summed E-state index contributed by atoms with van der Waals surface area (Å²) in [6, 6.07) is 16.8. The van der Waals surface area contributed by atoms with E-state index in [1.165, 1.54) is 28.0 Å². The summed E-state index contributed by atoms with van der Waals surface area (Å²) >= 11 is 4.80. The molecule has 222 valence electrons. The Bertz CT molecular complexity index is 1920. The van der Waals surface area contributed by atoms with Gasteiger partial charge in [0.15, 0.2) is 16.3 Å². The first kappa shape index (κ1) is 30.5. The summed E-state index contributed by atoms with van der Waals surface area (Å²) in [6.07, 6.45) is 1.81. The maximum Gasteiger partial charge on any atom is 0.338 e. The van der Waals surface area contributed by atoms with Crippen molar-refractivity contribution in [3.05, 3.63) is 123 Å². The molecule has 7 nitrogen and oxygen atoms in total. The summed E-state index contributed by atoms with van der Waals surface area (Å²) in [7, 11) is 1.60. The van der Waals surface area contributed by atoms with E-state index in [1.807, 2.05) is 48.5 Å². The Labute approximate surface area is 262 Å². The lowest BCUT2D eigenvalue weighted by Gasteiger charge is -2.24. The van der Waals surface area contributed by atoms with Gasteiger partial charge in [0.2, 0.25) is 0 Å². The van der Waals surface area contributed by atoms with E-state index < -0.39 is 12.0 Å². The van der Waals surface area contributed by atoms with Crippen molar-refractivity contribution >= 4 is 39.3 Å². The zero-order valence-electron chi connectivity index (χ0n) is 25.0. The normalized spacial score (nSPS) is 14.8. The quantitative estimate of drug-likeness (QED) is 0.214. The predicted molar refractivity (Wildman–Crippen MR) is 173 cm³/mol. The molecular formula is C34H33BrN2O5S. The van der Waals surface area contributed by atoms with Crippen LogP contribution in [-0.4, -0.2) is 24.3 Å². The van der Waals surface area contributed by atoms with Crippen LogP contribution in [0.2, 0.25) is 0 Å². The molecule has 1 aromatic heterocycles. The molecule has 2 heterocycles. The van der Waals surface area contributed by atoms with Crippen LogP contribution in [0.5, 0.6) is 11.5 Å². The molecule has 1 atom stereocenters. The minimum atomic E-state index is -0.672.